The molecule has 0 aliphatic carbocycles. The molecule has 2 aromatic carbocycles. The number of fused-ring (bicyclic) bond motifs is 1. The maximum Gasteiger partial charge on any atom is 0.182 e. The summed E-state index contributed by atoms with van der Waals surface area (Å²) in [7, 11) is 0. The van der Waals surface area contributed by atoms with Crippen molar-refractivity contribution in [3.8, 4) is 5.69 Å². The number of hydrogen-bond donors (Lipinski definition) is 1. The second-order valence-corrected chi connectivity index (χ2v) is 5.47. The number of H-pyrrole nitrogens is 1. The minimum Gasteiger partial charge on any atom is -0.330 e. The molecule has 3 rings (SSSR count). The summed E-state index contributed by atoms with van der Waals surface area (Å²) in [6, 6.07) is 4.05. The summed E-state index contributed by atoms with van der Waals surface area (Å²) in [6.45, 7) is 0. The maximum atomic E-state index is 14.0. The molecule has 0 atom stereocenters. The Bertz CT molecular complexity index is 910. The van der Waals surface area contributed by atoms with E-state index in [-0.39, 0.29) is 26.0 Å². The van der Waals surface area contributed by atoms with Crippen molar-refractivity contribution in [3.63, 3.8) is 0 Å². The van der Waals surface area contributed by atoms with Crippen LogP contribution in [0.25, 0.3) is 16.7 Å². The van der Waals surface area contributed by atoms with Crippen molar-refractivity contribution in [1.29, 1.82) is 0 Å². The Morgan fingerprint density at radius 2 is 1.67 bits per heavy atom. The van der Waals surface area contributed by atoms with Crippen molar-refractivity contribution < 1.29 is 13.2 Å². The summed E-state index contributed by atoms with van der Waals surface area (Å²) in [6.07, 6.45) is 0. The van der Waals surface area contributed by atoms with E-state index in [1.165, 1.54) is 10.6 Å². The van der Waals surface area contributed by atoms with E-state index in [4.69, 9.17) is 35.4 Å². The molecular weight excluding hydrogens is 344 g/mol. The first-order valence-corrected chi connectivity index (χ1v) is 6.79. The largest absolute Gasteiger partial charge is 0.330 e. The van der Waals surface area contributed by atoms with Crippen LogP contribution in [0.15, 0.2) is 24.3 Å². The number of imidazole rings is 1. The van der Waals surface area contributed by atoms with Crippen LogP contribution < -0.4 is 0 Å². The number of benzene rings is 2. The number of halogens is 5. The third kappa shape index (κ3) is 2.33. The number of aromatic nitrogens is 2. The van der Waals surface area contributed by atoms with Crippen LogP contribution >= 0.6 is 35.4 Å². The summed E-state index contributed by atoms with van der Waals surface area (Å²) in [5.74, 6) is -2.42. The van der Waals surface area contributed by atoms with Crippen LogP contribution in [0.3, 0.4) is 0 Å². The zero-order valence-corrected chi connectivity index (χ0v) is 12.4. The van der Waals surface area contributed by atoms with Crippen molar-refractivity contribution >= 4 is 46.5 Å². The van der Waals surface area contributed by atoms with Gasteiger partial charge in [0.1, 0.15) is 17.3 Å². The summed E-state index contributed by atoms with van der Waals surface area (Å²) in [4.78, 5) is 2.77. The van der Waals surface area contributed by atoms with Crippen LogP contribution in [-0.4, -0.2) is 9.55 Å². The lowest BCUT2D eigenvalue weighted by Crippen LogP contribution is -2.00. The van der Waals surface area contributed by atoms with Crippen molar-refractivity contribution in [3.05, 3.63) is 56.5 Å². The first-order valence-electron chi connectivity index (χ1n) is 5.63. The predicted octanol–water partition coefficient (Wildman–Crippen LogP) is 5.41. The topological polar surface area (TPSA) is 20.7 Å². The molecule has 3 aromatic rings. The molecule has 0 bridgehead atoms. The van der Waals surface area contributed by atoms with Gasteiger partial charge in [-0.1, -0.05) is 23.2 Å². The molecule has 0 saturated carbocycles. The monoisotopic (exact) mass is 348 g/mol. The van der Waals surface area contributed by atoms with Crippen molar-refractivity contribution in [2.75, 3.05) is 0 Å². The molecule has 0 radical (unpaired) electrons. The molecular formula is C13H5Cl2F3N2S. The van der Waals surface area contributed by atoms with E-state index in [9.17, 15) is 13.2 Å². The van der Waals surface area contributed by atoms with E-state index in [1.54, 1.807) is 0 Å². The summed E-state index contributed by atoms with van der Waals surface area (Å²) < 4.78 is 42.1. The molecule has 0 spiro atoms. The van der Waals surface area contributed by atoms with Gasteiger partial charge in [0.2, 0.25) is 0 Å². The zero-order chi connectivity index (χ0) is 15.3. The van der Waals surface area contributed by atoms with Gasteiger partial charge in [0, 0.05) is 12.1 Å². The molecule has 1 heterocycles. The normalized spacial score (nSPS) is 11.3. The van der Waals surface area contributed by atoms with Crippen LogP contribution in [0.5, 0.6) is 0 Å². The summed E-state index contributed by atoms with van der Waals surface area (Å²) >= 11 is 16.7. The van der Waals surface area contributed by atoms with E-state index in [0.29, 0.717) is 11.6 Å². The SMILES string of the molecule is Fc1cc(F)c(-n2c(=S)[nH]c3cc(Cl)c(F)cc32)c(Cl)c1. The first-order chi connectivity index (χ1) is 9.88. The Morgan fingerprint density at radius 3 is 2.33 bits per heavy atom. The first kappa shape index (κ1) is 14.4. The average Bonchev–Trinajstić information content (AvgIpc) is 2.66. The molecule has 21 heavy (non-hydrogen) atoms. The lowest BCUT2D eigenvalue weighted by atomic mass is 10.2. The minimum atomic E-state index is -0.910. The third-order valence-electron chi connectivity index (χ3n) is 2.93. The fourth-order valence-electron chi connectivity index (χ4n) is 2.07. The fraction of sp³-hybridized carbons (Fsp3) is 0. The highest BCUT2D eigenvalue weighted by atomic mass is 35.5. The highest BCUT2D eigenvalue weighted by Crippen LogP contribution is 2.30. The van der Waals surface area contributed by atoms with Gasteiger partial charge in [-0.3, -0.25) is 4.57 Å². The Hall–Kier alpha value is -1.50. The van der Waals surface area contributed by atoms with E-state index in [2.05, 4.69) is 4.98 Å². The standard InChI is InChI=1S/C13H5Cl2F3N2S/c14-6-3-10-11(4-8(6)17)20(13(21)19-10)12-7(15)1-5(16)2-9(12)18/h1-4H,(H,19,21). The molecule has 8 heteroatoms. The maximum absolute atomic E-state index is 14.0. The number of nitrogens with zero attached hydrogens (tertiary/aromatic N) is 1. The molecule has 1 aromatic heterocycles. The fourth-order valence-corrected chi connectivity index (χ4v) is 2.81. The molecule has 0 saturated heterocycles. The van der Waals surface area contributed by atoms with Crippen LogP contribution in [0.1, 0.15) is 0 Å². The van der Waals surface area contributed by atoms with E-state index in [0.717, 1.165) is 12.1 Å². The minimum absolute atomic E-state index is 0.0825. The zero-order valence-electron chi connectivity index (χ0n) is 10.1. The Labute approximate surface area is 131 Å². The van der Waals surface area contributed by atoms with E-state index in [1.807, 2.05) is 0 Å². The van der Waals surface area contributed by atoms with Gasteiger partial charge in [-0.25, -0.2) is 13.2 Å². The van der Waals surface area contributed by atoms with Crippen molar-refractivity contribution in [2.45, 2.75) is 0 Å². The van der Waals surface area contributed by atoms with E-state index < -0.39 is 17.5 Å². The van der Waals surface area contributed by atoms with Gasteiger partial charge >= 0.3 is 0 Å². The van der Waals surface area contributed by atoms with Crippen LogP contribution in [0, 0.1) is 22.2 Å². The predicted molar refractivity (Wildman–Crippen MR) is 78.4 cm³/mol. The Kier molecular flexibility index (Phi) is 3.47. The van der Waals surface area contributed by atoms with Gasteiger partial charge in [0.05, 0.1) is 21.1 Å². The molecule has 0 aliphatic heterocycles. The van der Waals surface area contributed by atoms with Gasteiger partial charge in [-0.2, -0.15) is 0 Å². The van der Waals surface area contributed by atoms with Gasteiger partial charge in [0.15, 0.2) is 10.6 Å². The summed E-state index contributed by atoms with van der Waals surface area (Å²) in [5, 5.41) is -0.281. The molecule has 0 fully saturated rings. The molecule has 2 nitrogen and oxygen atoms in total. The summed E-state index contributed by atoms with van der Waals surface area (Å²) in [5.41, 5.74) is 0.497. The van der Waals surface area contributed by atoms with Crippen molar-refractivity contribution in [2.24, 2.45) is 0 Å². The molecule has 0 unspecified atom stereocenters. The Morgan fingerprint density at radius 1 is 0.952 bits per heavy atom. The highest BCUT2D eigenvalue weighted by molar-refractivity contribution is 7.71. The number of rotatable bonds is 1. The van der Waals surface area contributed by atoms with Gasteiger partial charge in [-0.15, -0.1) is 0 Å². The van der Waals surface area contributed by atoms with Crippen LogP contribution in [-0.2, 0) is 0 Å². The quantitative estimate of drug-likeness (QED) is 0.583. The third-order valence-corrected chi connectivity index (χ3v) is 3.79. The highest BCUT2D eigenvalue weighted by Gasteiger charge is 2.17. The van der Waals surface area contributed by atoms with Crippen molar-refractivity contribution in [1.82, 2.24) is 9.55 Å². The van der Waals surface area contributed by atoms with Gasteiger partial charge < -0.3 is 4.98 Å². The number of nitrogens with one attached hydrogen (secondary N) is 1. The lowest BCUT2D eigenvalue weighted by molar-refractivity contribution is 0.578. The molecule has 1 N–H and O–H groups in total. The molecule has 0 aliphatic rings. The lowest BCUT2D eigenvalue weighted by Gasteiger charge is -2.09. The molecule has 108 valence electrons. The Balaban J connectivity index is 2.44. The number of aromatic amines is 1. The second-order valence-electron chi connectivity index (χ2n) is 4.27. The second kappa shape index (κ2) is 5.05. The number of hydrogen-bond acceptors (Lipinski definition) is 1. The smallest absolute Gasteiger partial charge is 0.182 e. The van der Waals surface area contributed by atoms with Crippen LogP contribution in [0.4, 0.5) is 13.2 Å². The molecule has 0 amide bonds. The average molecular weight is 349 g/mol. The van der Waals surface area contributed by atoms with Gasteiger partial charge in [-0.05, 0) is 24.4 Å². The van der Waals surface area contributed by atoms with Crippen LogP contribution in [0.2, 0.25) is 10.0 Å². The van der Waals surface area contributed by atoms with E-state index >= 15 is 0 Å². The van der Waals surface area contributed by atoms with Gasteiger partial charge in [0.25, 0.3) is 0 Å².